The Morgan fingerprint density at radius 1 is 1.37 bits per heavy atom. The molecule has 0 bridgehead atoms. The first-order chi connectivity index (χ1) is 12.5. The number of piperidine rings is 1. The standard InChI is InChI=1S/C20H27FN4O.HI/c1-22-18(25-9-3-6-19(14-25)11-17(26)23-12-19)24-13-20(7-8-20)15-4-2-5-16(21)10-15;/h2,4-5,10H,3,6-9,11-14H2,1H3,(H,22,24)(H,23,26);1H. The van der Waals surface area contributed by atoms with Crippen LogP contribution in [-0.4, -0.2) is 50.0 Å². The van der Waals surface area contributed by atoms with E-state index in [-0.39, 0.29) is 46.5 Å². The van der Waals surface area contributed by atoms with Crippen LogP contribution in [0.2, 0.25) is 0 Å². The zero-order valence-corrected chi connectivity index (χ0v) is 18.1. The van der Waals surface area contributed by atoms with E-state index in [2.05, 4.69) is 20.5 Å². The molecule has 2 saturated heterocycles. The van der Waals surface area contributed by atoms with Crippen LogP contribution in [0.25, 0.3) is 0 Å². The molecule has 3 fully saturated rings. The number of likely N-dealkylation sites (tertiary alicyclic amines) is 1. The van der Waals surface area contributed by atoms with Crippen LogP contribution in [-0.2, 0) is 10.2 Å². The molecule has 27 heavy (non-hydrogen) atoms. The van der Waals surface area contributed by atoms with Crippen LogP contribution < -0.4 is 10.6 Å². The fourth-order valence-corrected chi connectivity index (χ4v) is 4.55. The molecule has 0 aromatic heterocycles. The Labute approximate surface area is 177 Å². The Kier molecular flexibility index (Phi) is 5.98. The number of aliphatic imine (C=N–C) groups is 1. The Hall–Kier alpha value is -1.38. The summed E-state index contributed by atoms with van der Waals surface area (Å²) >= 11 is 0. The zero-order chi connectivity index (χ0) is 18.2. The lowest BCUT2D eigenvalue weighted by molar-refractivity contribution is -0.119. The highest BCUT2D eigenvalue weighted by Crippen LogP contribution is 2.47. The number of nitrogens with one attached hydrogen (secondary N) is 2. The Balaban J connectivity index is 0.00000210. The number of halogens is 2. The number of hydrogen-bond donors (Lipinski definition) is 2. The highest BCUT2D eigenvalue weighted by Gasteiger charge is 2.45. The van der Waals surface area contributed by atoms with Crippen LogP contribution >= 0.6 is 24.0 Å². The van der Waals surface area contributed by atoms with E-state index in [9.17, 15) is 9.18 Å². The minimum Gasteiger partial charge on any atom is -0.355 e. The zero-order valence-electron chi connectivity index (χ0n) is 15.8. The minimum atomic E-state index is -0.172. The summed E-state index contributed by atoms with van der Waals surface area (Å²) in [5.41, 5.74) is 1.14. The van der Waals surface area contributed by atoms with Gasteiger partial charge in [-0.15, -0.1) is 24.0 Å². The van der Waals surface area contributed by atoms with Crippen LogP contribution in [0, 0.1) is 11.2 Å². The number of carbonyl (C=O) groups excluding carboxylic acids is 1. The van der Waals surface area contributed by atoms with Crippen molar-refractivity contribution in [3.8, 4) is 0 Å². The third-order valence-corrected chi connectivity index (χ3v) is 6.24. The van der Waals surface area contributed by atoms with Crippen molar-refractivity contribution in [2.24, 2.45) is 10.4 Å². The predicted molar refractivity (Wildman–Crippen MR) is 115 cm³/mol. The second-order valence-corrected chi connectivity index (χ2v) is 8.17. The molecule has 2 N–H and O–H groups in total. The van der Waals surface area contributed by atoms with Crippen molar-refractivity contribution < 1.29 is 9.18 Å². The van der Waals surface area contributed by atoms with E-state index in [0.717, 1.165) is 63.4 Å². The van der Waals surface area contributed by atoms with Crippen LogP contribution in [0.4, 0.5) is 4.39 Å². The predicted octanol–water partition coefficient (Wildman–Crippen LogP) is 2.65. The van der Waals surface area contributed by atoms with Crippen LogP contribution in [0.3, 0.4) is 0 Å². The molecule has 5 nitrogen and oxygen atoms in total. The average molecular weight is 486 g/mol. The lowest BCUT2D eigenvalue weighted by atomic mass is 9.79. The van der Waals surface area contributed by atoms with Gasteiger partial charge in [0.2, 0.25) is 5.91 Å². The van der Waals surface area contributed by atoms with Crippen LogP contribution in [0.5, 0.6) is 0 Å². The van der Waals surface area contributed by atoms with E-state index in [0.29, 0.717) is 6.42 Å². The van der Waals surface area contributed by atoms with E-state index in [1.807, 2.05) is 13.1 Å². The maximum Gasteiger partial charge on any atom is 0.220 e. The first-order valence-corrected chi connectivity index (χ1v) is 9.53. The molecule has 1 unspecified atom stereocenters. The summed E-state index contributed by atoms with van der Waals surface area (Å²) in [5, 5.41) is 6.51. The Bertz CT molecular complexity index is 736. The van der Waals surface area contributed by atoms with E-state index >= 15 is 0 Å². The summed E-state index contributed by atoms with van der Waals surface area (Å²) in [7, 11) is 1.81. The third-order valence-electron chi connectivity index (χ3n) is 6.24. The van der Waals surface area contributed by atoms with Gasteiger partial charge < -0.3 is 15.5 Å². The van der Waals surface area contributed by atoms with Crippen LogP contribution in [0.1, 0.15) is 37.7 Å². The molecule has 7 heteroatoms. The van der Waals surface area contributed by atoms with Crippen molar-refractivity contribution in [2.45, 2.75) is 37.5 Å². The van der Waals surface area contributed by atoms with Gasteiger partial charge in [0.1, 0.15) is 5.82 Å². The summed E-state index contributed by atoms with van der Waals surface area (Å²) in [5.74, 6) is 0.887. The molecular formula is C20H28FIN4O. The van der Waals surface area contributed by atoms with Gasteiger partial charge in [-0.3, -0.25) is 9.79 Å². The van der Waals surface area contributed by atoms with E-state index in [4.69, 9.17) is 0 Å². The van der Waals surface area contributed by atoms with Crippen molar-refractivity contribution in [3.63, 3.8) is 0 Å². The van der Waals surface area contributed by atoms with Crippen molar-refractivity contribution in [2.75, 3.05) is 33.2 Å². The molecule has 3 aliphatic rings. The van der Waals surface area contributed by atoms with Gasteiger partial charge in [0, 0.05) is 50.5 Å². The number of guanidine groups is 1. The molecule has 2 aliphatic heterocycles. The summed E-state index contributed by atoms with van der Waals surface area (Å²) in [4.78, 5) is 18.5. The topological polar surface area (TPSA) is 56.7 Å². The molecule has 1 aliphatic carbocycles. The molecule has 1 aromatic carbocycles. The smallest absolute Gasteiger partial charge is 0.220 e. The molecule has 2 heterocycles. The molecule has 1 saturated carbocycles. The lowest BCUT2D eigenvalue weighted by Crippen LogP contribution is -2.52. The van der Waals surface area contributed by atoms with Gasteiger partial charge in [-0.2, -0.15) is 0 Å². The first kappa shape index (κ1) is 20.4. The number of hydrogen-bond acceptors (Lipinski definition) is 2. The number of rotatable bonds is 3. The fraction of sp³-hybridized carbons (Fsp3) is 0.600. The maximum absolute atomic E-state index is 13.6. The van der Waals surface area contributed by atoms with Gasteiger partial charge in [-0.05, 0) is 43.4 Å². The van der Waals surface area contributed by atoms with Gasteiger partial charge in [0.05, 0.1) is 0 Å². The van der Waals surface area contributed by atoms with Gasteiger partial charge in [0.25, 0.3) is 0 Å². The summed E-state index contributed by atoms with van der Waals surface area (Å²) in [6, 6.07) is 6.96. The number of carbonyl (C=O) groups is 1. The molecule has 1 aromatic rings. The molecule has 1 amide bonds. The third kappa shape index (κ3) is 4.22. The highest BCUT2D eigenvalue weighted by molar-refractivity contribution is 14.0. The largest absolute Gasteiger partial charge is 0.355 e. The molecule has 148 valence electrons. The van der Waals surface area contributed by atoms with Crippen molar-refractivity contribution in [1.29, 1.82) is 0 Å². The van der Waals surface area contributed by atoms with E-state index < -0.39 is 0 Å². The Morgan fingerprint density at radius 2 is 2.19 bits per heavy atom. The molecule has 4 rings (SSSR count). The van der Waals surface area contributed by atoms with Gasteiger partial charge >= 0.3 is 0 Å². The van der Waals surface area contributed by atoms with E-state index in [1.54, 1.807) is 12.1 Å². The minimum absolute atomic E-state index is 0. The fourth-order valence-electron chi connectivity index (χ4n) is 4.55. The Morgan fingerprint density at radius 3 is 2.81 bits per heavy atom. The van der Waals surface area contributed by atoms with Gasteiger partial charge in [-0.25, -0.2) is 4.39 Å². The molecule has 1 atom stereocenters. The van der Waals surface area contributed by atoms with Crippen molar-refractivity contribution in [3.05, 3.63) is 35.6 Å². The number of amides is 1. The number of benzene rings is 1. The SMILES string of the molecule is CN=C(NCC1(c2cccc(F)c2)CC1)N1CCCC2(CNC(=O)C2)C1.I. The second-order valence-electron chi connectivity index (χ2n) is 8.17. The highest BCUT2D eigenvalue weighted by atomic mass is 127. The second kappa shape index (κ2) is 7.93. The molecule has 1 spiro atoms. The summed E-state index contributed by atoms with van der Waals surface area (Å²) in [6.07, 6.45) is 4.93. The maximum atomic E-state index is 13.6. The normalized spacial score (nSPS) is 26.5. The molecular weight excluding hydrogens is 458 g/mol. The van der Waals surface area contributed by atoms with Crippen LogP contribution in [0.15, 0.2) is 29.3 Å². The summed E-state index contributed by atoms with van der Waals surface area (Å²) in [6.45, 7) is 3.36. The van der Waals surface area contributed by atoms with Crippen molar-refractivity contribution >= 4 is 35.8 Å². The monoisotopic (exact) mass is 486 g/mol. The first-order valence-electron chi connectivity index (χ1n) is 9.53. The number of nitrogens with zero attached hydrogens (tertiary/aromatic N) is 2. The summed E-state index contributed by atoms with van der Waals surface area (Å²) < 4.78 is 13.6. The van der Waals surface area contributed by atoms with Gasteiger partial charge in [-0.1, -0.05) is 12.1 Å². The van der Waals surface area contributed by atoms with E-state index in [1.165, 1.54) is 6.07 Å². The lowest BCUT2D eigenvalue weighted by Gasteiger charge is -2.41. The average Bonchev–Trinajstić information content (AvgIpc) is 3.35. The van der Waals surface area contributed by atoms with Crippen molar-refractivity contribution in [1.82, 2.24) is 15.5 Å². The van der Waals surface area contributed by atoms with Gasteiger partial charge in [0.15, 0.2) is 5.96 Å². The quantitative estimate of drug-likeness (QED) is 0.393. The molecule has 0 radical (unpaired) electrons.